The number of benzene rings is 3. The average molecular weight is 436 g/mol. The third kappa shape index (κ3) is 3.39. The molecule has 4 aromatic rings. The normalized spacial score (nSPS) is 10.8. The Balaban J connectivity index is 1.74. The topological polar surface area (TPSA) is 84.2 Å². The van der Waals surface area contributed by atoms with Gasteiger partial charge in [0.2, 0.25) is 0 Å². The van der Waals surface area contributed by atoms with Crippen molar-refractivity contribution in [3.05, 3.63) is 93.3 Å². The summed E-state index contributed by atoms with van der Waals surface area (Å²) in [4.78, 5) is 25.0. The third-order valence-electron chi connectivity index (χ3n) is 4.24. The van der Waals surface area contributed by atoms with E-state index in [9.17, 15) is 14.7 Å². The molecule has 0 aliphatic heterocycles. The van der Waals surface area contributed by atoms with E-state index in [1.54, 1.807) is 30.3 Å². The summed E-state index contributed by atoms with van der Waals surface area (Å²) in [6, 6.07) is 21.0. The Hall–Kier alpha value is -3.45. The van der Waals surface area contributed by atoms with Crippen molar-refractivity contribution in [3.8, 4) is 11.4 Å². The smallest absolute Gasteiger partial charge is 0.280 e. The molecule has 0 bridgehead atoms. The number of aromatic hydroxyl groups is 1. The molecule has 4 rings (SSSR count). The van der Waals surface area contributed by atoms with Crippen molar-refractivity contribution in [2.45, 2.75) is 0 Å². The number of nitrogens with one attached hydrogen (secondary N) is 1. The first-order valence-electron chi connectivity index (χ1n) is 8.41. The molecule has 0 spiro atoms. The lowest BCUT2D eigenvalue weighted by Gasteiger charge is -2.11. The van der Waals surface area contributed by atoms with Gasteiger partial charge in [-0.15, -0.1) is 0 Å². The molecule has 1 amide bonds. The first-order chi connectivity index (χ1) is 13.5. The highest BCUT2D eigenvalue weighted by Gasteiger charge is 2.18. The highest BCUT2D eigenvalue weighted by atomic mass is 79.9. The first-order valence-corrected chi connectivity index (χ1v) is 9.20. The van der Waals surface area contributed by atoms with Gasteiger partial charge in [-0.1, -0.05) is 52.3 Å². The molecule has 2 N–H and O–H groups in total. The number of anilines is 1. The van der Waals surface area contributed by atoms with Crippen LogP contribution in [0.15, 0.2) is 82.1 Å². The molecule has 7 heteroatoms. The van der Waals surface area contributed by atoms with Crippen molar-refractivity contribution in [1.29, 1.82) is 0 Å². The monoisotopic (exact) mass is 435 g/mol. The summed E-state index contributed by atoms with van der Waals surface area (Å²) in [6.45, 7) is 0. The van der Waals surface area contributed by atoms with Crippen molar-refractivity contribution in [3.63, 3.8) is 0 Å². The van der Waals surface area contributed by atoms with Gasteiger partial charge in [0.1, 0.15) is 0 Å². The minimum Gasteiger partial charge on any atom is -0.505 e. The van der Waals surface area contributed by atoms with Crippen molar-refractivity contribution in [2.24, 2.45) is 0 Å². The Morgan fingerprint density at radius 3 is 2.50 bits per heavy atom. The van der Waals surface area contributed by atoms with Crippen LogP contribution >= 0.6 is 15.9 Å². The molecule has 138 valence electrons. The summed E-state index contributed by atoms with van der Waals surface area (Å²) < 4.78 is 1.92. The molecule has 0 atom stereocenters. The molecule has 3 aromatic carbocycles. The number of aromatic nitrogens is 2. The molecule has 0 radical (unpaired) electrons. The minimum absolute atomic E-state index is 0.240. The molecule has 1 heterocycles. The lowest BCUT2D eigenvalue weighted by Crippen LogP contribution is -2.25. The van der Waals surface area contributed by atoms with E-state index in [0.717, 1.165) is 26.0 Å². The molecule has 0 saturated heterocycles. The van der Waals surface area contributed by atoms with E-state index in [1.165, 1.54) is 0 Å². The van der Waals surface area contributed by atoms with Crippen LogP contribution in [-0.4, -0.2) is 20.8 Å². The van der Waals surface area contributed by atoms with Gasteiger partial charge in [0.25, 0.3) is 11.5 Å². The van der Waals surface area contributed by atoms with E-state index >= 15 is 0 Å². The van der Waals surface area contributed by atoms with Gasteiger partial charge >= 0.3 is 0 Å². The van der Waals surface area contributed by atoms with Crippen molar-refractivity contribution < 1.29 is 9.90 Å². The molecule has 0 saturated carbocycles. The largest absolute Gasteiger partial charge is 0.505 e. The van der Waals surface area contributed by atoms with Crippen LogP contribution in [0.25, 0.3) is 16.5 Å². The predicted molar refractivity (Wildman–Crippen MR) is 111 cm³/mol. The second-order valence-corrected chi connectivity index (χ2v) is 7.00. The van der Waals surface area contributed by atoms with Crippen molar-refractivity contribution >= 4 is 38.3 Å². The maximum absolute atomic E-state index is 12.8. The molecular weight excluding hydrogens is 422 g/mol. The van der Waals surface area contributed by atoms with Crippen molar-refractivity contribution in [2.75, 3.05) is 5.32 Å². The molecule has 0 aliphatic rings. The number of hydrogen-bond donors (Lipinski definition) is 2. The molecule has 28 heavy (non-hydrogen) atoms. The van der Waals surface area contributed by atoms with E-state index in [-0.39, 0.29) is 5.69 Å². The minimum atomic E-state index is -0.611. The zero-order valence-corrected chi connectivity index (χ0v) is 16.1. The zero-order valence-electron chi connectivity index (χ0n) is 14.5. The summed E-state index contributed by atoms with van der Waals surface area (Å²) in [7, 11) is 0. The fourth-order valence-electron chi connectivity index (χ4n) is 2.89. The van der Waals surface area contributed by atoms with Crippen LogP contribution in [0, 0.1) is 0 Å². The van der Waals surface area contributed by atoms with E-state index in [2.05, 4.69) is 26.3 Å². The van der Waals surface area contributed by atoms with Gasteiger partial charge in [0, 0.05) is 21.6 Å². The Bertz CT molecular complexity index is 1240. The number of amides is 1. The quantitative estimate of drug-likeness (QED) is 0.507. The summed E-state index contributed by atoms with van der Waals surface area (Å²) in [5, 5.41) is 18.8. The Labute approximate surface area is 168 Å². The summed E-state index contributed by atoms with van der Waals surface area (Å²) in [5.41, 5.74) is 0.287. The Morgan fingerprint density at radius 1 is 1.00 bits per heavy atom. The second kappa shape index (κ2) is 7.28. The maximum atomic E-state index is 12.8. The van der Waals surface area contributed by atoms with Crippen LogP contribution in [0.5, 0.6) is 5.75 Å². The summed E-state index contributed by atoms with van der Waals surface area (Å²) >= 11 is 3.33. The van der Waals surface area contributed by atoms with E-state index < -0.39 is 17.2 Å². The number of halogens is 1. The van der Waals surface area contributed by atoms with Crippen LogP contribution in [0.1, 0.15) is 10.5 Å². The van der Waals surface area contributed by atoms with Gasteiger partial charge in [-0.2, -0.15) is 9.78 Å². The highest BCUT2D eigenvalue weighted by Crippen LogP contribution is 2.24. The average Bonchev–Trinajstić information content (AvgIpc) is 2.69. The maximum Gasteiger partial charge on any atom is 0.280 e. The number of carbonyl (C=O) groups is 1. The number of rotatable bonds is 3. The molecule has 0 aliphatic carbocycles. The van der Waals surface area contributed by atoms with Gasteiger partial charge in [0.05, 0.1) is 5.69 Å². The predicted octanol–water partition coefficient (Wildman–Crippen LogP) is 4.11. The number of fused-ring (bicyclic) bond motifs is 1. The lowest BCUT2D eigenvalue weighted by molar-refractivity contribution is 0.101. The van der Waals surface area contributed by atoms with Crippen LogP contribution in [-0.2, 0) is 0 Å². The zero-order chi connectivity index (χ0) is 19.7. The first kappa shape index (κ1) is 17.9. The Morgan fingerprint density at radius 2 is 1.71 bits per heavy atom. The number of nitrogens with zero attached hydrogens (tertiary/aromatic N) is 2. The van der Waals surface area contributed by atoms with Crippen LogP contribution in [0.4, 0.5) is 5.69 Å². The third-order valence-corrected chi connectivity index (χ3v) is 4.76. The van der Waals surface area contributed by atoms with E-state index in [1.807, 2.05) is 36.4 Å². The van der Waals surface area contributed by atoms with Gasteiger partial charge < -0.3 is 10.4 Å². The fraction of sp³-hybridized carbons (Fsp3) is 0. The standard InChI is InChI=1S/C21H14BrN3O3/c22-14-8-10-15(11-9-14)25-19(27)12-18(26)20(24-25)21(28)23-17-7-3-5-13-4-1-2-6-16(13)17/h1-12,26H,(H,23,28). The van der Waals surface area contributed by atoms with Crippen molar-refractivity contribution in [1.82, 2.24) is 9.78 Å². The molecule has 0 unspecified atom stereocenters. The number of hydrogen-bond acceptors (Lipinski definition) is 4. The van der Waals surface area contributed by atoms with E-state index in [0.29, 0.717) is 11.4 Å². The summed E-state index contributed by atoms with van der Waals surface area (Å²) in [5.74, 6) is -1.09. The van der Waals surface area contributed by atoms with Gasteiger partial charge in [-0.05, 0) is 35.7 Å². The van der Waals surface area contributed by atoms with E-state index in [4.69, 9.17) is 0 Å². The Kier molecular flexibility index (Phi) is 4.67. The van der Waals surface area contributed by atoms with Crippen LogP contribution in [0.3, 0.4) is 0 Å². The highest BCUT2D eigenvalue weighted by molar-refractivity contribution is 9.10. The van der Waals surface area contributed by atoms with Gasteiger partial charge in [-0.25, -0.2) is 0 Å². The van der Waals surface area contributed by atoms with Crippen LogP contribution < -0.4 is 10.9 Å². The SMILES string of the molecule is O=C(Nc1cccc2ccccc12)c1nn(-c2ccc(Br)cc2)c(=O)cc1O. The molecule has 0 fully saturated rings. The number of carbonyl (C=O) groups excluding carboxylic acids is 1. The van der Waals surface area contributed by atoms with Gasteiger partial charge in [0.15, 0.2) is 11.4 Å². The second-order valence-electron chi connectivity index (χ2n) is 6.09. The van der Waals surface area contributed by atoms with Gasteiger partial charge in [-0.3, -0.25) is 9.59 Å². The fourth-order valence-corrected chi connectivity index (χ4v) is 3.16. The molecular formula is C21H14BrN3O3. The van der Waals surface area contributed by atoms with Crippen LogP contribution in [0.2, 0.25) is 0 Å². The lowest BCUT2D eigenvalue weighted by atomic mass is 10.1. The summed E-state index contributed by atoms with van der Waals surface area (Å²) in [6.07, 6.45) is 0. The molecule has 1 aromatic heterocycles. The molecule has 6 nitrogen and oxygen atoms in total.